The molecule has 11 heavy (non-hydrogen) atoms. The number of hydrogen-bond donors (Lipinski definition) is 1. The molecular formula is C8H12O3. The maximum Gasteiger partial charge on any atom is 0.222 e. The smallest absolute Gasteiger partial charge is 0.222 e. The molecule has 1 heterocycles. The first-order valence-corrected chi connectivity index (χ1v) is 3.56. The molecule has 1 rings (SSSR count). The SMILES string of the molecule is CC(C)(O)C#CC1OCCO1. The maximum absolute atomic E-state index is 9.19. The summed E-state index contributed by atoms with van der Waals surface area (Å²) < 4.78 is 10.1. The zero-order valence-electron chi connectivity index (χ0n) is 6.76. The van der Waals surface area contributed by atoms with Crippen molar-refractivity contribution >= 4 is 0 Å². The molecule has 0 bridgehead atoms. The van der Waals surface area contributed by atoms with Crippen molar-refractivity contribution in [3.8, 4) is 11.8 Å². The molecule has 0 spiro atoms. The summed E-state index contributed by atoms with van der Waals surface area (Å²) in [6.07, 6.45) is -0.443. The van der Waals surface area contributed by atoms with Crippen LogP contribution in [0.5, 0.6) is 0 Å². The summed E-state index contributed by atoms with van der Waals surface area (Å²) in [5, 5.41) is 9.19. The Kier molecular flexibility index (Phi) is 2.50. The minimum absolute atomic E-state index is 0.443. The van der Waals surface area contributed by atoms with E-state index in [4.69, 9.17) is 9.47 Å². The predicted molar refractivity (Wildman–Crippen MR) is 39.8 cm³/mol. The van der Waals surface area contributed by atoms with Crippen molar-refractivity contribution in [2.24, 2.45) is 0 Å². The van der Waals surface area contributed by atoms with Gasteiger partial charge in [-0.2, -0.15) is 0 Å². The van der Waals surface area contributed by atoms with Gasteiger partial charge in [-0.15, -0.1) is 0 Å². The molecule has 0 aromatic rings. The second-order valence-corrected chi connectivity index (χ2v) is 2.90. The van der Waals surface area contributed by atoms with Crippen LogP contribution >= 0.6 is 0 Å². The molecule has 3 heteroatoms. The van der Waals surface area contributed by atoms with Crippen LogP contribution < -0.4 is 0 Å². The second-order valence-electron chi connectivity index (χ2n) is 2.90. The molecule has 1 saturated heterocycles. The molecular weight excluding hydrogens is 144 g/mol. The van der Waals surface area contributed by atoms with Crippen LogP contribution in [0.3, 0.4) is 0 Å². The molecule has 0 aliphatic carbocycles. The second kappa shape index (κ2) is 3.22. The molecule has 1 aliphatic rings. The minimum atomic E-state index is -0.963. The lowest BCUT2D eigenvalue weighted by molar-refractivity contribution is 0.00573. The van der Waals surface area contributed by atoms with Crippen LogP contribution in [0.2, 0.25) is 0 Å². The topological polar surface area (TPSA) is 38.7 Å². The van der Waals surface area contributed by atoms with Crippen LogP contribution in [-0.4, -0.2) is 30.2 Å². The van der Waals surface area contributed by atoms with E-state index in [0.717, 1.165) is 0 Å². The molecule has 0 saturated carbocycles. The van der Waals surface area contributed by atoms with Gasteiger partial charge in [0.05, 0.1) is 13.2 Å². The summed E-state index contributed by atoms with van der Waals surface area (Å²) in [6.45, 7) is 4.42. The zero-order valence-corrected chi connectivity index (χ0v) is 6.76. The van der Waals surface area contributed by atoms with Gasteiger partial charge in [0, 0.05) is 0 Å². The van der Waals surface area contributed by atoms with Gasteiger partial charge in [0.25, 0.3) is 0 Å². The molecule has 0 unspecified atom stereocenters. The maximum atomic E-state index is 9.19. The highest BCUT2D eigenvalue weighted by Crippen LogP contribution is 2.03. The normalized spacial score (nSPS) is 19.5. The monoisotopic (exact) mass is 156 g/mol. The number of ether oxygens (including phenoxy) is 2. The largest absolute Gasteiger partial charge is 0.378 e. The van der Waals surface area contributed by atoms with E-state index in [1.807, 2.05) is 0 Å². The van der Waals surface area contributed by atoms with E-state index < -0.39 is 11.9 Å². The lowest BCUT2D eigenvalue weighted by Gasteiger charge is -2.07. The van der Waals surface area contributed by atoms with E-state index in [1.165, 1.54) is 0 Å². The first-order valence-electron chi connectivity index (χ1n) is 3.56. The summed E-state index contributed by atoms with van der Waals surface area (Å²) in [4.78, 5) is 0. The Labute approximate surface area is 66.3 Å². The van der Waals surface area contributed by atoms with E-state index >= 15 is 0 Å². The lowest BCUT2D eigenvalue weighted by Crippen LogP contribution is -2.16. The fraction of sp³-hybridized carbons (Fsp3) is 0.750. The van der Waals surface area contributed by atoms with Gasteiger partial charge in [0.1, 0.15) is 5.60 Å². The Balaban J connectivity index is 2.42. The van der Waals surface area contributed by atoms with Crippen LogP contribution in [0.25, 0.3) is 0 Å². The fourth-order valence-corrected chi connectivity index (χ4v) is 0.677. The Morgan fingerprint density at radius 3 is 2.36 bits per heavy atom. The van der Waals surface area contributed by atoms with Gasteiger partial charge in [-0.3, -0.25) is 0 Å². The van der Waals surface area contributed by atoms with Crippen molar-refractivity contribution in [2.45, 2.75) is 25.7 Å². The highest BCUT2D eigenvalue weighted by molar-refractivity contribution is 5.12. The number of hydrogen-bond acceptors (Lipinski definition) is 3. The van der Waals surface area contributed by atoms with Crippen molar-refractivity contribution in [3.05, 3.63) is 0 Å². The average molecular weight is 156 g/mol. The Morgan fingerprint density at radius 1 is 1.36 bits per heavy atom. The fourth-order valence-electron chi connectivity index (χ4n) is 0.677. The summed E-state index contributed by atoms with van der Waals surface area (Å²) in [6, 6.07) is 0. The Hall–Kier alpha value is -0.560. The van der Waals surface area contributed by atoms with Crippen molar-refractivity contribution in [3.63, 3.8) is 0 Å². The van der Waals surface area contributed by atoms with Crippen LogP contribution in [0, 0.1) is 11.8 Å². The van der Waals surface area contributed by atoms with Gasteiger partial charge in [0.2, 0.25) is 6.29 Å². The summed E-state index contributed by atoms with van der Waals surface area (Å²) in [5.41, 5.74) is -0.963. The molecule has 0 aromatic carbocycles. The Morgan fingerprint density at radius 2 is 1.91 bits per heavy atom. The van der Waals surface area contributed by atoms with Gasteiger partial charge >= 0.3 is 0 Å². The highest BCUT2D eigenvalue weighted by Gasteiger charge is 2.13. The van der Waals surface area contributed by atoms with E-state index in [2.05, 4.69) is 11.8 Å². The quantitative estimate of drug-likeness (QED) is 0.507. The van der Waals surface area contributed by atoms with Crippen LogP contribution in [0.4, 0.5) is 0 Å². The van der Waals surface area contributed by atoms with Crippen LogP contribution in [-0.2, 0) is 9.47 Å². The summed E-state index contributed by atoms with van der Waals surface area (Å²) in [5.74, 6) is 5.30. The molecule has 0 amide bonds. The number of rotatable bonds is 0. The summed E-state index contributed by atoms with van der Waals surface area (Å²) >= 11 is 0. The molecule has 62 valence electrons. The third-order valence-corrected chi connectivity index (χ3v) is 1.12. The molecule has 1 N–H and O–H groups in total. The molecule has 0 atom stereocenters. The van der Waals surface area contributed by atoms with Crippen LogP contribution in [0.1, 0.15) is 13.8 Å². The van der Waals surface area contributed by atoms with E-state index in [9.17, 15) is 5.11 Å². The van der Waals surface area contributed by atoms with Gasteiger partial charge in [-0.25, -0.2) is 0 Å². The first-order chi connectivity index (χ1) is 5.08. The molecule has 0 radical (unpaired) electrons. The molecule has 0 aromatic heterocycles. The third-order valence-electron chi connectivity index (χ3n) is 1.12. The molecule has 1 fully saturated rings. The van der Waals surface area contributed by atoms with Crippen molar-refractivity contribution in [1.82, 2.24) is 0 Å². The standard InChI is InChI=1S/C8H12O3/c1-8(2,9)4-3-7-10-5-6-11-7/h7,9H,5-6H2,1-2H3. The first kappa shape index (κ1) is 8.54. The lowest BCUT2D eigenvalue weighted by atomic mass is 10.1. The van der Waals surface area contributed by atoms with Gasteiger partial charge in [0.15, 0.2) is 0 Å². The average Bonchev–Trinajstić information content (AvgIpc) is 2.32. The van der Waals surface area contributed by atoms with Gasteiger partial charge in [-0.1, -0.05) is 5.92 Å². The number of aliphatic hydroxyl groups is 1. The van der Waals surface area contributed by atoms with Crippen molar-refractivity contribution in [1.29, 1.82) is 0 Å². The third kappa shape index (κ3) is 3.38. The minimum Gasteiger partial charge on any atom is -0.378 e. The van der Waals surface area contributed by atoms with Gasteiger partial charge < -0.3 is 14.6 Å². The predicted octanol–water partition coefficient (Wildman–Crippen LogP) is 0.134. The van der Waals surface area contributed by atoms with Crippen LogP contribution in [0.15, 0.2) is 0 Å². The van der Waals surface area contributed by atoms with E-state index in [-0.39, 0.29) is 0 Å². The highest BCUT2D eigenvalue weighted by atomic mass is 16.7. The summed E-state index contributed by atoms with van der Waals surface area (Å²) in [7, 11) is 0. The zero-order chi connectivity index (χ0) is 8.32. The van der Waals surface area contributed by atoms with Crippen molar-refractivity contribution in [2.75, 3.05) is 13.2 Å². The van der Waals surface area contributed by atoms with E-state index in [1.54, 1.807) is 13.8 Å². The van der Waals surface area contributed by atoms with Gasteiger partial charge in [-0.05, 0) is 19.8 Å². The van der Waals surface area contributed by atoms with Crippen molar-refractivity contribution < 1.29 is 14.6 Å². The van der Waals surface area contributed by atoms with E-state index in [0.29, 0.717) is 13.2 Å². The molecule has 3 nitrogen and oxygen atoms in total. The Bertz CT molecular complexity index is 176. The molecule has 1 aliphatic heterocycles.